The van der Waals surface area contributed by atoms with E-state index in [9.17, 15) is 4.79 Å². The Morgan fingerprint density at radius 2 is 2.17 bits per heavy atom. The monoisotopic (exact) mass is 411 g/mol. The number of pyridine rings is 1. The molecule has 150 valence electrons. The molecule has 7 nitrogen and oxygen atoms in total. The predicted molar refractivity (Wildman–Crippen MR) is 114 cm³/mol. The maximum atomic E-state index is 11.6. The molecule has 3 rings (SSSR count). The summed E-state index contributed by atoms with van der Waals surface area (Å²) < 4.78 is 5.58. The van der Waals surface area contributed by atoms with Gasteiger partial charge < -0.3 is 25.3 Å². The summed E-state index contributed by atoms with van der Waals surface area (Å²) in [6, 6.07) is 3.89. The number of piperazine rings is 1. The number of hydrogen-bond acceptors (Lipinski definition) is 6. The molecule has 1 saturated heterocycles. The highest BCUT2D eigenvalue weighted by Gasteiger charge is 2.21. The third-order valence-corrected chi connectivity index (χ3v) is 4.96. The Hall–Kier alpha value is -3.24. The van der Waals surface area contributed by atoms with Crippen LogP contribution in [-0.2, 0) is 9.53 Å². The molecule has 1 aromatic heterocycles. The first kappa shape index (κ1) is 20.5. The molecule has 2 aliphatic rings. The Morgan fingerprint density at radius 1 is 1.41 bits per heavy atom. The average molecular weight is 412 g/mol. The van der Waals surface area contributed by atoms with Crippen molar-refractivity contribution < 1.29 is 9.53 Å². The summed E-state index contributed by atoms with van der Waals surface area (Å²) in [6.45, 7) is 4.95. The standard InChI is InChI=1S/C21H22ClN5O2/c1-3-20(28)27-9-7-26(8-10-27)19-6-5-15(13-24-19)17-11-16(29-4-2)14-25-21(17)18(22)12-23/h1,5-6,11-14,23,25H,4,7-10H2,2H3/b21-18+,23-12?. The molecule has 0 aliphatic carbocycles. The first-order chi connectivity index (χ1) is 14.1. The number of nitrogens with one attached hydrogen (secondary N) is 2. The highest BCUT2D eigenvalue weighted by atomic mass is 35.5. The minimum absolute atomic E-state index is 0.273. The summed E-state index contributed by atoms with van der Waals surface area (Å²) in [6.07, 6.45) is 11.6. The van der Waals surface area contributed by atoms with Crippen molar-refractivity contribution in [3.63, 3.8) is 0 Å². The maximum absolute atomic E-state index is 11.6. The van der Waals surface area contributed by atoms with Gasteiger partial charge in [0.05, 0.1) is 17.3 Å². The van der Waals surface area contributed by atoms with Crippen molar-refractivity contribution in [2.24, 2.45) is 0 Å². The fourth-order valence-corrected chi connectivity index (χ4v) is 3.34. The van der Waals surface area contributed by atoms with Crippen molar-refractivity contribution >= 4 is 35.1 Å². The highest BCUT2D eigenvalue weighted by Crippen LogP contribution is 2.30. The van der Waals surface area contributed by atoms with E-state index in [2.05, 4.69) is 21.1 Å². The van der Waals surface area contributed by atoms with Crippen LogP contribution in [0.3, 0.4) is 0 Å². The normalized spacial score (nSPS) is 18.1. The summed E-state index contributed by atoms with van der Waals surface area (Å²) in [5.74, 6) is 3.39. The number of amides is 1. The first-order valence-corrected chi connectivity index (χ1v) is 9.63. The lowest BCUT2D eigenvalue weighted by Crippen LogP contribution is -2.48. The minimum atomic E-state index is -0.273. The number of halogens is 1. The molecule has 8 heteroatoms. The van der Waals surface area contributed by atoms with Crippen LogP contribution in [-0.4, -0.2) is 54.8 Å². The molecule has 0 saturated carbocycles. The fraction of sp³-hybridized carbons (Fsp3) is 0.286. The van der Waals surface area contributed by atoms with Gasteiger partial charge in [0.1, 0.15) is 11.6 Å². The first-order valence-electron chi connectivity index (χ1n) is 9.26. The van der Waals surface area contributed by atoms with Gasteiger partial charge in [-0.3, -0.25) is 4.79 Å². The SMILES string of the molecule is C#CC(=O)N1CCN(c2ccc(C3=CC(OCC)=CN/C3=C(/Cl)C=N)cn2)CC1. The summed E-state index contributed by atoms with van der Waals surface area (Å²) in [5.41, 5.74) is 2.27. The van der Waals surface area contributed by atoms with Crippen molar-refractivity contribution in [1.82, 2.24) is 15.2 Å². The second kappa shape index (κ2) is 9.30. The van der Waals surface area contributed by atoms with Gasteiger partial charge in [-0.15, -0.1) is 6.42 Å². The van der Waals surface area contributed by atoms with E-state index in [4.69, 9.17) is 28.2 Å². The second-order valence-electron chi connectivity index (χ2n) is 6.38. The molecule has 3 heterocycles. The average Bonchev–Trinajstić information content (AvgIpc) is 2.78. The van der Waals surface area contributed by atoms with Crippen LogP contribution >= 0.6 is 11.6 Å². The van der Waals surface area contributed by atoms with Crippen molar-refractivity contribution in [3.05, 3.63) is 52.7 Å². The molecule has 2 N–H and O–H groups in total. The molecule has 1 fully saturated rings. The number of terminal acetylenes is 1. The largest absolute Gasteiger partial charge is 0.492 e. The van der Waals surface area contributed by atoms with Crippen molar-refractivity contribution in [1.29, 1.82) is 5.41 Å². The molecule has 0 aromatic carbocycles. The molecule has 2 aliphatic heterocycles. The van der Waals surface area contributed by atoms with Crippen LogP contribution in [0.15, 0.2) is 47.1 Å². The van der Waals surface area contributed by atoms with E-state index in [0.717, 1.165) is 23.2 Å². The molecule has 0 atom stereocenters. The van der Waals surface area contributed by atoms with Crippen LogP contribution in [0.2, 0.25) is 0 Å². The van der Waals surface area contributed by atoms with Crippen molar-refractivity contribution in [2.75, 3.05) is 37.7 Å². The predicted octanol–water partition coefficient (Wildman–Crippen LogP) is 2.33. The van der Waals surface area contributed by atoms with E-state index in [1.165, 1.54) is 0 Å². The van der Waals surface area contributed by atoms with E-state index >= 15 is 0 Å². The van der Waals surface area contributed by atoms with E-state index < -0.39 is 0 Å². The molecule has 1 aromatic rings. The zero-order chi connectivity index (χ0) is 20.8. The molecule has 1 amide bonds. The Bertz CT molecular complexity index is 919. The summed E-state index contributed by atoms with van der Waals surface area (Å²) in [5, 5.41) is 10.9. The Kier molecular flexibility index (Phi) is 6.57. The maximum Gasteiger partial charge on any atom is 0.298 e. The van der Waals surface area contributed by atoms with E-state index in [1.54, 1.807) is 17.3 Å². The number of carbonyl (C=O) groups excluding carboxylic acids is 1. The third-order valence-electron chi connectivity index (χ3n) is 4.66. The molecule has 0 bridgehead atoms. The summed E-state index contributed by atoms with van der Waals surface area (Å²) in [7, 11) is 0. The van der Waals surface area contributed by atoms with Gasteiger partial charge in [-0.05, 0) is 31.1 Å². The second-order valence-corrected chi connectivity index (χ2v) is 6.79. The van der Waals surface area contributed by atoms with Crippen LogP contribution in [0.4, 0.5) is 5.82 Å². The minimum Gasteiger partial charge on any atom is -0.492 e. The topological polar surface area (TPSA) is 81.5 Å². The highest BCUT2D eigenvalue weighted by molar-refractivity contribution is 6.40. The molecular weight excluding hydrogens is 390 g/mol. The Balaban J connectivity index is 1.80. The number of dihydropyridines is 1. The number of rotatable bonds is 5. The summed E-state index contributed by atoms with van der Waals surface area (Å²) >= 11 is 6.21. The van der Waals surface area contributed by atoms with Crippen LogP contribution in [0, 0.1) is 17.8 Å². The van der Waals surface area contributed by atoms with Gasteiger partial charge in [-0.2, -0.15) is 0 Å². The van der Waals surface area contributed by atoms with Gasteiger partial charge in [-0.1, -0.05) is 11.6 Å². The number of ether oxygens (including phenoxy) is 1. The smallest absolute Gasteiger partial charge is 0.298 e. The molecule has 0 radical (unpaired) electrons. The molecular formula is C21H22ClN5O2. The molecule has 29 heavy (non-hydrogen) atoms. The van der Waals surface area contributed by atoms with E-state index in [1.807, 2.05) is 25.1 Å². The lowest BCUT2D eigenvalue weighted by molar-refractivity contribution is -0.125. The molecule has 0 spiro atoms. The fourth-order valence-electron chi connectivity index (χ4n) is 3.19. The van der Waals surface area contributed by atoms with E-state index in [0.29, 0.717) is 49.3 Å². The van der Waals surface area contributed by atoms with Gasteiger partial charge in [0.15, 0.2) is 0 Å². The quantitative estimate of drug-likeness (QED) is 0.574. The number of nitrogens with zero attached hydrogens (tertiary/aromatic N) is 3. The molecule has 0 unspecified atom stereocenters. The number of hydrogen-bond donors (Lipinski definition) is 2. The van der Waals surface area contributed by atoms with Gasteiger partial charge in [0.2, 0.25) is 0 Å². The number of carbonyl (C=O) groups is 1. The van der Waals surface area contributed by atoms with Crippen LogP contribution in [0.25, 0.3) is 5.57 Å². The zero-order valence-corrected chi connectivity index (χ0v) is 16.9. The number of anilines is 1. The third kappa shape index (κ3) is 4.61. The van der Waals surface area contributed by atoms with Gasteiger partial charge >= 0.3 is 0 Å². The Labute approximate surface area is 175 Å². The van der Waals surface area contributed by atoms with Crippen molar-refractivity contribution in [2.45, 2.75) is 6.92 Å². The zero-order valence-electron chi connectivity index (χ0n) is 16.1. The van der Waals surface area contributed by atoms with Gasteiger partial charge in [0.25, 0.3) is 5.91 Å². The van der Waals surface area contributed by atoms with Crippen LogP contribution in [0.5, 0.6) is 0 Å². The lowest BCUT2D eigenvalue weighted by Gasteiger charge is -2.34. The number of allylic oxidation sites excluding steroid dienone is 3. The van der Waals surface area contributed by atoms with Gasteiger partial charge in [0, 0.05) is 55.9 Å². The number of aromatic nitrogens is 1. The van der Waals surface area contributed by atoms with Crippen molar-refractivity contribution in [3.8, 4) is 12.3 Å². The van der Waals surface area contributed by atoms with E-state index in [-0.39, 0.29) is 5.91 Å². The van der Waals surface area contributed by atoms with Crippen LogP contribution in [0.1, 0.15) is 12.5 Å². The lowest BCUT2D eigenvalue weighted by atomic mass is 10.0. The van der Waals surface area contributed by atoms with Gasteiger partial charge in [-0.25, -0.2) is 4.98 Å². The summed E-state index contributed by atoms with van der Waals surface area (Å²) in [4.78, 5) is 20.0. The Morgan fingerprint density at radius 3 is 2.76 bits per heavy atom. The van der Waals surface area contributed by atoms with Crippen LogP contribution < -0.4 is 10.2 Å².